The van der Waals surface area contributed by atoms with Crippen LogP contribution in [0.2, 0.25) is 5.02 Å². The molecular weight excluding hydrogens is 434 g/mol. The van der Waals surface area contributed by atoms with E-state index in [9.17, 15) is 9.59 Å². The minimum Gasteiger partial charge on any atom is -0.325 e. The molecule has 0 bridgehead atoms. The van der Waals surface area contributed by atoms with Crippen LogP contribution < -0.4 is 5.32 Å². The van der Waals surface area contributed by atoms with Gasteiger partial charge < -0.3 is 5.32 Å². The topological polar surface area (TPSA) is 80.1 Å². The number of nitrogens with zero attached hydrogens (tertiary/aromatic N) is 4. The Morgan fingerprint density at radius 1 is 1.13 bits per heavy atom. The van der Waals surface area contributed by atoms with Crippen LogP contribution >= 0.6 is 23.4 Å². The van der Waals surface area contributed by atoms with E-state index in [-0.39, 0.29) is 23.5 Å². The lowest BCUT2D eigenvalue weighted by molar-refractivity contribution is -0.113. The van der Waals surface area contributed by atoms with Crippen LogP contribution in [-0.2, 0) is 4.79 Å². The molecule has 1 aromatic heterocycles. The third kappa shape index (κ3) is 5.52. The fraction of sp³-hybridized carbons (Fsp3) is 0.273. The maximum atomic E-state index is 12.6. The molecule has 0 spiro atoms. The van der Waals surface area contributed by atoms with Gasteiger partial charge in [-0.2, -0.15) is 0 Å². The minimum absolute atomic E-state index is 0.00815. The average molecular weight is 458 g/mol. The highest BCUT2D eigenvalue weighted by Crippen LogP contribution is 2.28. The zero-order valence-corrected chi connectivity index (χ0v) is 19.4. The van der Waals surface area contributed by atoms with Crippen LogP contribution in [0.1, 0.15) is 36.1 Å². The predicted molar refractivity (Wildman–Crippen MR) is 124 cm³/mol. The van der Waals surface area contributed by atoms with Gasteiger partial charge in [0.25, 0.3) is 0 Å². The molecule has 2 aromatic carbocycles. The second-order valence-electron chi connectivity index (χ2n) is 7.23. The summed E-state index contributed by atoms with van der Waals surface area (Å²) >= 11 is 7.33. The fourth-order valence-electron chi connectivity index (χ4n) is 2.92. The van der Waals surface area contributed by atoms with Crippen molar-refractivity contribution in [1.82, 2.24) is 19.7 Å². The van der Waals surface area contributed by atoms with E-state index in [2.05, 4.69) is 15.5 Å². The number of halogens is 1. The zero-order valence-electron chi connectivity index (χ0n) is 17.8. The molecular formula is C22H24ClN5O2S. The molecule has 1 unspecified atom stereocenters. The van der Waals surface area contributed by atoms with Crippen molar-refractivity contribution in [2.75, 3.05) is 25.2 Å². The number of carbonyl (C=O) groups excluding carboxylic acids is 2. The molecule has 1 atom stereocenters. The smallest absolute Gasteiger partial charge is 0.234 e. The number of rotatable bonds is 8. The second-order valence-corrected chi connectivity index (χ2v) is 8.61. The van der Waals surface area contributed by atoms with Crippen molar-refractivity contribution in [3.8, 4) is 5.69 Å². The van der Waals surface area contributed by atoms with Gasteiger partial charge in [-0.3, -0.25) is 19.1 Å². The van der Waals surface area contributed by atoms with Gasteiger partial charge in [-0.1, -0.05) is 35.5 Å². The Balaban J connectivity index is 1.82. The Bertz CT molecular complexity index is 1080. The van der Waals surface area contributed by atoms with Crippen LogP contribution in [-0.4, -0.2) is 51.2 Å². The summed E-state index contributed by atoms with van der Waals surface area (Å²) in [5.74, 6) is 0.547. The van der Waals surface area contributed by atoms with E-state index in [0.717, 1.165) is 11.5 Å². The molecule has 1 heterocycles. The molecule has 3 rings (SSSR count). The van der Waals surface area contributed by atoms with Gasteiger partial charge in [0.2, 0.25) is 5.91 Å². The Kier molecular flexibility index (Phi) is 7.48. The number of para-hydroxylation sites is 1. The van der Waals surface area contributed by atoms with Crippen molar-refractivity contribution in [3.63, 3.8) is 0 Å². The van der Waals surface area contributed by atoms with Gasteiger partial charge in [-0.05, 0) is 64.3 Å². The van der Waals surface area contributed by atoms with Crippen molar-refractivity contribution in [2.45, 2.75) is 25.0 Å². The molecule has 0 fully saturated rings. The lowest BCUT2D eigenvalue weighted by Gasteiger charge is -2.20. The van der Waals surface area contributed by atoms with Crippen LogP contribution in [0, 0.1) is 0 Å². The van der Waals surface area contributed by atoms with E-state index in [1.165, 1.54) is 18.7 Å². The second kappa shape index (κ2) is 10.1. The summed E-state index contributed by atoms with van der Waals surface area (Å²) in [6.45, 7) is 3.51. The van der Waals surface area contributed by atoms with Gasteiger partial charge >= 0.3 is 0 Å². The van der Waals surface area contributed by atoms with Crippen molar-refractivity contribution in [2.24, 2.45) is 0 Å². The van der Waals surface area contributed by atoms with Crippen LogP contribution in [0.25, 0.3) is 5.69 Å². The first-order valence-electron chi connectivity index (χ1n) is 9.68. The van der Waals surface area contributed by atoms with Crippen LogP contribution in [0.5, 0.6) is 0 Å². The quantitative estimate of drug-likeness (QED) is 0.397. The SMILES string of the molecule is CC(=O)c1ccccc1NC(=O)CSc1nnc(C(C)N(C)C)n1-c1ccc(Cl)cc1. The van der Waals surface area contributed by atoms with E-state index >= 15 is 0 Å². The van der Waals surface area contributed by atoms with Crippen LogP contribution in [0.15, 0.2) is 53.7 Å². The normalized spacial score (nSPS) is 12.1. The number of benzene rings is 2. The lowest BCUT2D eigenvalue weighted by Crippen LogP contribution is -2.21. The minimum atomic E-state index is -0.230. The number of thioether (sulfide) groups is 1. The maximum absolute atomic E-state index is 12.6. The van der Waals surface area contributed by atoms with E-state index in [1.807, 2.05) is 42.6 Å². The molecule has 31 heavy (non-hydrogen) atoms. The average Bonchev–Trinajstić information content (AvgIpc) is 3.16. The monoisotopic (exact) mass is 457 g/mol. The molecule has 7 nitrogen and oxygen atoms in total. The van der Waals surface area contributed by atoms with E-state index < -0.39 is 0 Å². The van der Waals surface area contributed by atoms with Crippen molar-refractivity contribution < 1.29 is 9.59 Å². The van der Waals surface area contributed by atoms with Crippen LogP contribution in [0.4, 0.5) is 5.69 Å². The Morgan fingerprint density at radius 3 is 2.45 bits per heavy atom. The van der Waals surface area contributed by atoms with Gasteiger partial charge in [0, 0.05) is 16.3 Å². The summed E-state index contributed by atoms with van der Waals surface area (Å²) in [5.41, 5.74) is 1.84. The summed E-state index contributed by atoms with van der Waals surface area (Å²) < 4.78 is 1.93. The van der Waals surface area contributed by atoms with Crippen molar-refractivity contribution in [3.05, 3.63) is 64.9 Å². The standard InChI is InChI=1S/C22H24ClN5O2S/c1-14(27(3)4)21-25-26-22(28(21)17-11-9-16(23)10-12-17)31-13-20(30)24-19-8-6-5-7-18(19)15(2)29/h5-12,14H,13H2,1-4H3,(H,24,30). The van der Waals surface area contributed by atoms with Gasteiger partial charge in [-0.25, -0.2) is 0 Å². The molecule has 1 amide bonds. The highest BCUT2D eigenvalue weighted by Gasteiger charge is 2.21. The number of carbonyl (C=O) groups is 2. The van der Waals surface area contributed by atoms with Gasteiger partial charge in [-0.15, -0.1) is 10.2 Å². The van der Waals surface area contributed by atoms with E-state index in [0.29, 0.717) is 21.4 Å². The fourth-order valence-corrected chi connectivity index (χ4v) is 3.81. The molecule has 0 saturated carbocycles. The molecule has 9 heteroatoms. The first-order valence-corrected chi connectivity index (χ1v) is 11.0. The van der Waals surface area contributed by atoms with Crippen LogP contribution in [0.3, 0.4) is 0 Å². The van der Waals surface area contributed by atoms with E-state index in [1.54, 1.807) is 36.4 Å². The molecule has 0 saturated heterocycles. The van der Waals surface area contributed by atoms with Crippen molar-refractivity contribution in [1.29, 1.82) is 0 Å². The number of hydrogen-bond donors (Lipinski definition) is 1. The van der Waals surface area contributed by atoms with Gasteiger partial charge in [0.1, 0.15) is 0 Å². The summed E-state index contributed by atoms with van der Waals surface area (Å²) in [4.78, 5) is 26.4. The number of ketones is 1. The molecule has 0 aliphatic heterocycles. The molecule has 1 N–H and O–H groups in total. The Morgan fingerprint density at radius 2 is 1.81 bits per heavy atom. The predicted octanol–water partition coefficient (Wildman–Crippen LogP) is 4.48. The zero-order chi connectivity index (χ0) is 22.5. The lowest BCUT2D eigenvalue weighted by atomic mass is 10.1. The summed E-state index contributed by atoms with van der Waals surface area (Å²) in [7, 11) is 3.94. The third-order valence-corrected chi connectivity index (χ3v) is 5.99. The molecule has 0 aliphatic carbocycles. The first-order chi connectivity index (χ1) is 14.8. The highest BCUT2D eigenvalue weighted by molar-refractivity contribution is 7.99. The Labute approximate surface area is 190 Å². The Hall–Kier alpha value is -2.68. The molecule has 0 radical (unpaired) electrons. The van der Waals surface area contributed by atoms with Gasteiger partial charge in [0.05, 0.1) is 17.5 Å². The number of amides is 1. The molecule has 162 valence electrons. The third-order valence-electron chi connectivity index (χ3n) is 4.80. The first kappa shape index (κ1) is 23.0. The number of hydrogen-bond acceptors (Lipinski definition) is 6. The summed E-state index contributed by atoms with van der Waals surface area (Å²) in [5, 5.41) is 12.7. The number of aromatic nitrogens is 3. The van der Waals surface area contributed by atoms with E-state index in [4.69, 9.17) is 11.6 Å². The van der Waals surface area contributed by atoms with Crippen molar-refractivity contribution >= 4 is 40.7 Å². The number of nitrogens with one attached hydrogen (secondary N) is 1. The largest absolute Gasteiger partial charge is 0.325 e. The number of anilines is 1. The molecule has 3 aromatic rings. The van der Waals surface area contributed by atoms with Gasteiger partial charge in [0.15, 0.2) is 16.8 Å². The number of Topliss-reactive ketones (excluding diaryl/α,β-unsaturated/α-hetero) is 1. The maximum Gasteiger partial charge on any atom is 0.234 e. The summed E-state index contributed by atoms with van der Waals surface area (Å²) in [6.07, 6.45) is 0. The molecule has 0 aliphatic rings. The summed E-state index contributed by atoms with van der Waals surface area (Å²) in [6, 6.07) is 14.4. The highest BCUT2D eigenvalue weighted by atomic mass is 35.5.